The average molecular weight is 267 g/mol. The number of sulfonamides is 1. The van der Waals surface area contributed by atoms with Crippen LogP contribution in [0.2, 0.25) is 0 Å². The number of nitrogens with one attached hydrogen (secondary N) is 1. The van der Waals surface area contributed by atoms with Gasteiger partial charge in [0.25, 0.3) is 0 Å². The van der Waals surface area contributed by atoms with Crippen molar-refractivity contribution in [1.82, 2.24) is 4.72 Å². The lowest BCUT2D eigenvalue weighted by molar-refractivity contribution is 0.198. The largest absolute Gasteiger partial charge is 0.396 e. The van der Waals surface area contributed by atoms with Crippen LogP contribution in [-0.4, -0.2) is 45.6 Å². The normalized spacial score (nSPS) is 14.9. The van der Waals surface area contributed by atoms with E-state index in [9.17, 15) is 8.42 Å². The summed E-state index contributed by atoms with van der Waals surface area (Å²) in [4.78, 5) is 0. The first-order valence-corrected chi connectivity index (χ1v) is 7.48. The van der Waals surface area contributed by atoms with Gasteiger partial charge in [0, 0.05) is 26.4 Å². The van der Waals surface area contributed by atoms with Crippen LogP contribution in [0.25, 0.3) is 0 Å². The van der Waals surface area contributed by atoms with Gasteiger partial charge in [-0.3, -0.25) is 0 Å². The van der Waals surface area contributed by atoms with Crippen molar-refractivity contribution in [2.75, 3.05) is 26.1 Å². The van der Waals surface area contributed by atoms with Gasteiger partial charge in [0.1, 0.15) is 0 Å². The summed E-state index contributed by atoms with van der Waals surface area (Å²) in [5.41, 5.74) is -0.211. The molecule has 0 saturated heterocycles. The first-order valence-electron chi connectivity index (χ1n) is 5.82. The van der Waals surface area contributed by atoms with Crippen molar-refractivity contribution in [3.63, 3.8) is 0 Å². The molecule has 0 rings (SSSR count). The zero-order valence-electron chi connectivity index (χ0n) is 11.2. The van der Waals surface area contributed by atoms with E-state index in [1.54, 1.807) is 7.11 Å². The van der Waals surface area contributed by atoms with Crippen LogP contribution in [0.5, 0.6) is 0 Å². The van der Waals surface area contributed by atoms with E-state index in [2.05, 4.69) is 4.72 Å². The molecule has 0 spiro atoms. The number of aliphatic hydroxyl groups is 1. The molecule has 2 N–H and O–H groups in total. The summed E-state index contributed by atoms with van der Waals surface area (Å²) in [6, 6.07) is -0.250. The Bertz CT molecular complexity index is 295. The smallest absolute Gasteiger partial charge is 0.211 e. The Kier molecular flexibility index (Phi) is 7.23. The fourth-order valence-corrected chi connectivity index (χ4v) is 2.99. The van der Waals surface area contributed by atoms with Gasteiger partial charge in [-0.1, -0.05) is 20.8 Å². The van der Waals surface area contributed by atoms with E-state index in [1.165, 1.54) is 0 Å². The van der Waals surface area contributed by atoms with E-state index in [0.29, 0.717) is 19.4 Å². The minimum atomic E-state index is -3.30. The van der Waals surface area contributed by atoms with Gasteiger partial charge in [-0.05, 0) is 18.3 Å². The molecule has 0 amide bonds. The highest BCUT2D eigenvalue weighted by Gasteiger charge is 2.27. The van der Waals surface area contributed by atoms with Crippen molar-refractivity contribution >= 4 is 10.0 Å². The van der Waals surface area contributed by atoms with Crippen molar-refractivity contribution < 1.29 is 18.3 Å². The van der Waals surface area contributed by atoms with Crippen molar-refractivity contribution in [2.45, 2.75) is 39.7 Å². The number of hydrogen-bond donors (Lipinski definition) is 2. The van der Waals surface area contributed by atoms with Gasteiger partial charge in [0.15, 0.2) is 0 Å². The second kappa shape index (κ2) is 7.31. The molecule has 17 heavy (non-hydrogen) atoms. The minimum absolute atomic E-state index is 0.0253. The maximum Gasteiger partial charge on any atom is 0.211 e. The molecular weight excluding hydrogens is 242 g/mol. The first kappa shape index (κ1) is 16.8. The minimum Gasteiger partial charge on any atom is -0.396 e. The molecule has 1 unspecified atom stereocenters. The zero-order chi connectivity index (χ0) is 13.5. The highest BCUT2D eigenvalue weighted by atomic mass is 32.2. The number of aliphatic hydroxyl groups excluding tert-OH is 1. The molecule has 0 fully saturated rings. The topological polar surface area (TPSA) is 75.6 Å². The Labute approximate surface area is 105 Å². The van der Waals surface area contributed by atoms with E-state index in [0.717, 1.165) is 0 Å². The van der Waals surface area contributed by atoms with Crippen molar-refractivity contribution in [2.24, 2.45) is 5.41 Å². The zero-order valence-corrected chi connectivity index (χ0v) is 12.0. The summed E-state index contributed by atoms with van der Waals surface area (Å²) in [6.45, 7) is 6.25. The van der Waals surface area contributed by atoms with Crippen LogP contribution >= 0.6 is 0 Å². The highest BCUT2D eigenvalue weighted by molar-refractivity contribution is 7.89. The molecule has 0 heterocycles. The van der Waals surface area contributed by atoms with E-state index in [4.69, 9.17) is 9.84 Å². The molecule has 0 aromatic rings. The fourth-order valence-electron chi connectivity index (χ4n) is 1.47. The summed E-state index contributed by atoms with van der Waals surface area (Å²) >= 11 is 0. The average Bonchev–Trinajstić information content (AvgIpc) is 2.15. The summed E-state index contributed by atoms with van der Waals surface area (Å²) < 4.78 is 31.1. The quantitative estimate of drug-likeness (QED) is 0.636. The molecule has 0 aromatic carbocycles. The number of rotatable bonds is 8. The molecule has 104 valence electrons. The Morgan fingerprint density at radius 1 is 1.35 bits per heavy atom. The SMILES string of the molecule is COCCCS(=O)(=O)NC(CCO)C(C)(C)C. The standard InChI is InChI=1S/C11H25NO4S/c1-11(2,3)10(6-7-13)12-17(14,15)9-5-8-16-4/h10,12-13H,5-9H2,1-4H3. The van der Waals surface area contributed by atoms with Crippen LogP contribution in [0, 0.1) is 5.41 Å². The third-order valence-electron chi connectivity index (χ3n) is 2.55. The summed E-state index contributed by atoms with van der Waals surface area (Å²) in [5, 5.41) is 8.96. The molecule has 0 radical (unpaired) electrons. The number of methoxy groups -OCH3 is 1. The molecule has 1 atom stereocenters. The van der Waals surface area contributed by atoms with Crippen LogP contribution < -0.4 is 4.72 Å². The van der Waals surface area contributed by atoms with Gasteiger partial charge in [-0.2, -0.15) is 0 Å². The summed E-state index contributed by atoms with van der Waals surface area (Å²) in [5.74, 6) is 0.0544. The van der Waals surface area contributed by atoms with Gasteiger partial charge in [-0.15, -0.1) is 0 Å². The van der Waals surface area contributed by atoms with E-state index in [-0.39, 0.29) is 23.8 Å². The maximum atomic E-state index is 11.8. The number of hydrogen-bond acceptors (Lipinski definition) is 4. The van der Waals surface area contributed by atoms with Crippen molar-refractivity contribution in [3.8, 4) is 0 Å². The maximum absolute atomic E-state index is 11.8. The van der Waals surface area contributed by atoms with Crippen LogP contribution in [0.3, 0.4) is 0 Å². The van der Waals surface area contributed by atoms with Gasteiger partial charge < -0.3 is 9.84 Å². The van der Waals surface area contributed by atoms with Crippen LogP contribution in [-0.2, 0) is 14.8 Å². The molecule has 0 aliphatic rings. The Morgan fingerprint density at radius 2 is 1.94 bits per heavy atom. The second-order valence-electron chi connectivity index (χ2n) is 5.21. The van der Waals surface area contributed by atoms with E-state index < -0.39 is 10.0 Å². The summed E-state index contributed by atoms with van der Waals surface area (Å²) in [7, 11) is -1.75. The van der Waals surface area contributed by atoms with Crippen molar-refractivity contribution in [1.29, 1.82) is 0 Å². The van der Waals surface area contributed by atoms with Crippen LogP contribution in [0.1, 0.15) is 33.6 Å². The van der Waals surface area contributed by atoms with Gasteiger partial charge >= 0.3 is 0 Å². The third-order valence-corrected chi connectivity index (χ3v) is 4.02. The monoisotopic (exact) mass is 267 g/mol. The Morgan fingerprint density at radius 3 is 2.35 bits per heavy atom. The molecule has 0 aliphatic heterocycles. The lowest BCUT2D eigenvalue weighted by Gasteiger charge is -2.30. The lowest BCUT2D eigenvalue weighted by Crippen LogP contribution is -2.45. The lowest BCUT2D eigenvalue weighted by atomic mass is 9.86. The summed E-state index contributed by atoms with van der Waals surface area (Å²) in [6.07, 6.45) is 0.898. The Balaban J connectivity index is 4.43. The van der Waals surface area contributed by atoms with Gasteiger partial charge in [0.05, 0.1) is 5.75 Å². The van der Waals surface area contributed by atoms with Crippen LogP contribution in [0.4, 0.5) is 0 Å². The molecule has 0 bridgehead atoms. The molecule has 0 saturated carbocycles. The second-order valence-corrected chi connectivity index (χ2v) is 7.09. The molecular formula is C11H25NO4S. The van der Waals surface area contributed by atoms with E-state index >= 15 is 0 Å². The first-order chi connectivity index (χ1) is 7.73. The van der Waals surface area contributed by atoms with E-state index in [1.807, 2.05) is 20.8 Å². The van der Waals surface area contributed by atoms with Gasteiger partial charge in [-0.25, -0.2) is 13.1 Å². The Hall–Kier alpha value is -0.170. The van der Waals surface area contributed by atoms with Crippen molar-refractivity contribution in [3.05, 3.63) is 0 Å². The molecule has 6 heteroatoms. The fraction of sp³-hybridized carbons (Fsp3) is 1.00. The predicted octanol–water partition coefficient (Wildman–Crippen LogP) is 0.739. The van der Waals surface area contributed by atoms with Gasteiger partial charge in [0.2, 0.25) is 10.0 Å². The highest BCUT2D eigenvalue weighted by Crippen LogP contribution is 2.22. The number of ether oxygens (including phenoxy) is 1. The van der Waals surface area contributed by atoms with Crippen LogP contribution in [0.15, 0.2) is 0 Å². The molecule has 0 aliphatic carbocycles. The third kappa shape index (κ3) is 7.70. The molecule has 0 aromatic heterocycles. The predicted molar refractivity (Wildman–Crippen MR) is 68.4 cm³/mol. The molecule has 5 nitrogen and oxygen atoms in total.